The fourth-order valence-electron chi connectivity index (χ4n) is 2.33. The number of nitrogens with zero attached hydrogens (tertiary/aromatic N) is 1. The van der Waals surface area contributed by atoms with E-state index >= 15 is 0 Å². The Labute approximate surface area is 125 Å². The van der Waals surface area contributed by atoms with E-state index in [9.17, 15) is 13.2 Å². The Bertz CT molecular complexity index is 640. The summed E-state index contributed by atoms with van der Waals surface area (Å²) < 4.78 is 32.2. The van der Waals surface area contributed by atoms with Gasteiger partial charge in [0, 0.05) is 19.0 Å². The van der Waals surface area contributed by atoms with E-state index in [-0.39, 0.29) is 16.8 Å². The summed E-state index contributed by atoms with van der Waals surface area (Å²) >= 11 is 0. The highest BCUT2D eigenvalue weighted by atomic mass is 32.2. The van der Waals surface area contributed by atoms with Crippen LogP contribution in [0.2, 0.25) is 0 Å². The lowest BCUT2D eigenvalue weighted by atomic mass is 10.2. The molecule has 0 aromatic heterocycles. The number of ether oxygens (including phenoxy) is 1. The van der Waals surface area contributed by atoms with Crippen molar-refractivity contribution in [2.24, 2.45) is 0 Å². The van der Waals surface area contributed by atoms with Gasteiger partial charge in [0.1, 0.15) is 5.75 Å². The first-order valence-corrected chi connectivity index (χ1v) is 8.34. The lowest BCUT2D eigenvalue weighted by Crippen LogP contribution is -2.30. The molecule has 2 rings (SSSR count). The first kappa shape index (κ1) is 15.8. The number of sulfonamides is 1. The number of anilines is 1. The van der Waals surface area contributed by atoms with E-state index in [0.717, 1.165) is 6.42 Å². The number of methoxy groups -OCH3 is 1. The van der Waals surface area contributed by atoms with Crippen molar-refractivity contribution in [3.05, 3.63) is 18.2 Å². The van der Waals surface area contributed by atoms with E-state index in [0.29, 0.717) is 24.4 Å². The van der Waals surface area contributed by atoms with Crippen LogP contribution in [0.3, 0.4) is 0 Å². The fourth-order valence-corrected chi connectivity index (χ4v) is 3.60. The van der Waals surface area contributed by atoms with Crippen molar-refractivity contribution in [3.8, 4) is 5.75 Å². The van der Waals surface area contributed by atoms with Crippen molar-refractivity contribution < 1.29 is 17.9 Å². The van der Waals surface area contributed by atoms with Crippen molar-refractivity contribution in [2.75, 3.05) is 18.6 Å². The summed E-state index contributed by atoms with van der Waals surface area (Å²) in [6.45, 7) is 4.09. The third kappa shape index (κ3) is 3.36. The van der Waals surface area contributed by atoms with Crippen LogP contribution in [0.15, 0.2) is 23.1 Å². The van der Waals surface area contributed by atoms with Gasteiger partial charge >= 0.3 is 0 Å². The van der Waals surface area contributed by atoms with Gasteiger partial charge in [-0.2, -0.15) is 0 Å². The molecule has 6 nitrogen and oxygen atoms in total. The van der Waals surface area contributed by atoms with Gasteiger partial charge in [0.25, 0.3) is 0 Å². The molecule has 0 aliphatic carbocycles. The maximum Gasteiger partial charge on any atom is 0.240 e. The van der Waals surface area contributed by atoms with Gasteiger partial charge in [-0.15, -0.1) is 0 Å². The molecular formula is C14H20N2O4S. The first-order valence-electron chi connectivity index (χ1n) is 6.86. The van der Waals surface area contributed by atoms with E-state index in [4.69, 9.17) is 4.74 Å². The number of benzene rings is 1. The minimum Gasteiger partial charge on any atom is -0.495 e. The predicted molar refractivity (Wildman–Crippen MR) is 80.0 cm³/mol. The molecule has 1 aromatic carbocycles. The minimum atomic E-state index is -3.60. The number of amides is 1. The molecule has 0 radical (unpaired) electrons. The first-order chi connectivity index (χ1) is 9.85. The molecule has 0 saturated carbocycles. The zero-order valence-electron chi connectivity index (χ0n) is 12.4. The molecule has 0 spiro atoms. The lowest BCUT2D eigenvalue weighted by Gasteiger charge is -2.20. The summed E-state index contributed by atoms with van der Waals surface area (Å²) in [5.74, 6) is 0.480. The zero-order valence-corrected chi connectivity index (χ0v) is 13.2. The Hall–Kier alpha value is -1.60. The molecule has 1 N–H and O–H groups in total. The van der Waals surface area contributed by atoms with E-state index in [2.05, 4.69) is 4.72 Å². The van der Waals surface area contributed by atoms with Crippen LogP contribution in [0.4, 0.5) is 5.69 Å². The van der Waals surface area contributed by atoms with Crippen molar-refractivity contribution in [1.29, 1.82) is 0 Å². The summed E-state index contributed by atoms with van der Waals surface area (Å²) in [7, 11) is -2.10. The minimum absolute atomic E-state index is 0.0142. The molecule has 0 unspecified atom stereocenters. The molecule has 7 heteroatoms. The molecule has 1 saturated heterocycles. The van der Waals surface area contributed by atoms with Crippen molar-refractivity contribution in [2.45, 2.75) is 37.6 Å². The average molecular weight is 312 g/mol. The maximum absolute atomic E-state index is 12.2. The van der Waals surface area contributed by atoms with E-state index in [1.165, 1.54) is 19.2 Å². The Balaban J connectivity index is 2.45. The average Bonchev–Trinajstić information content (AvgIpc) is 2.82. The van der Waals surface area contributed by atoms with Gasteiger partial charge in [-0.25, -0.2) is 13.1 Å². The highest BCUT2D eigenvalue weighted by molar-refractivity contribution is 7.89. The van der Waals surface area contributed by atoms with Crippen molar-refractivity contribution >= 4 is 21.6 Å². The predicted octanol–water partition coefficient (Wildman–Crippen LogP) is 1.51. The normalized spacial score (nSPS) is 15.8. The van der Waals surface area contributed by atoms with Gasteiger partial charge in [-0.1, -0.05) is 0 Å². The number of hydrogen-bond donors (Lipinski definition) is 1. The van der Waals surface area contributed by atoms with Crippen LogP contribution in [-0.2, 0) is 14.8 Å². The molecule has 0 atom stereocenters. The van der Waals surface area contributed by atoms with Crippen LogP contribution < -0.4 is 14.4 Å². The molecular weight excluding hydrogens is 292 g/mol. The number of carbonyl (C=O) groups excluding carboxylic acids is 1. The van der Waals surface area contributed by atoms with Crippen LogP contribution in [-0.4, -0.2) is 34.0 Å². The zero-order chi connectivity index (χ0) is 15.6. The monoisotopic (exact) mass is 312 g/mol. The number of hydrogen-bond acceptors (Lipinski definition) is 4. The Morgan fingerprint density at radius 3 is 2.57 bits per heavy atom. The third-order valence-electron chi connectivity index (χ3n) is 3.22. The second-order valence-corrected chi connectivity index (χ2v) is 6.97. The quantitative estimate of drug-likeness (QED) is 0.894. The Morgan fingerprint density at radius 1 is 1.33 bits per heavy atom. The van der Waals surface area contributed by atoms with E-state index in [1.807, 2.05) is 0 Å². The van der Waals surface area contributed by atoms with Gasteiger partial charge in [-0.3, -0.25) is 4.79 Å². The van der Waals surface area contributed by atoms with Crippen LogP contribution in [0, 0.1) is 0 Å². The fraction of sp³-hybridized carbons (Fsp3) is 0.500. The van der Waals surface area contributed by atoms with Crippen molar-refractivity contribution in [1.82, 2.24) is 4.72 Å². The molecule has 1 aliphatic rings. The van der Waals surface area contributed by atoms with Gasteiger partial charge in [-0.05, 0) is 38.5 Å². The van der Waals surface area contributed by atoms with Crippen LogP contribution in [0.25, 0.3) is 0 Å². The van der Waals surface area contributed by atoms with E-state index < -0.39 is 10.0 Å². The second kappa shape index (κ2) is 6.03. The third-order valence-corrected chi connectivity index (χ3v) is 4.87. The number of rotatable bonds is 5. The number of nitrogens with one attached hydrogen (secondary N) is 1. The van der Waals surface area contributed by atoms with Crippen LogP contribution >= 0.6 is 0 Å². The molecule has 1 aromatic rings. The molecule has 1 aliphatic heterocycles. The Morgan fingerprint density at radius 2 is 2.05 bits per heavy atom. The SMILES string of the molecule is COc1ccc(S(=O)(=O)NC(C)C)cc1N1CCCC1=O. The summed E-state index contributed by atoms with van der Waals surface area (Å²) in [4.78, 5) is 13.6. The van der Waals surface area contributed by atoms with Gasteiger partial charge in [0.15, 0.2) is 0 Å². The van der Waals surface area contributed by atoms with Crippen molar-refractivity contribution in [3.63, 3.8) is 0 Å². The molecule has 1 fully saturated rings. The lowest BCUT2D eigenvalue weighted by molar-refractivity contribution is -0.117. The molecule has 21 heavy (non-hydrogen) atoms. The maximum atomic E-state index is 12.2. The highest BCUT2D eigenvalue weighted by Gasteiger charge is 2.26. The molecule has 1 amide bonds. The molecule has 0 bridgehead atoms. The smallest absolute Gasteiger partial charge is 0.240 e. The van der Waals surface area contributed by atoms with Gasteiger partial charge < -0.3 is 9.64 Å². The molecule has 1 heterocycles. The molecule has 116 valence electrons. The topological polar surface area (TPSA) is 75.7 Å². The summed E-state index contributed by atoms with van der Waals surface area (Å²) in [6.07, 6.45) is 1.24. The summed E-state index contributed by atoms with van der Waals surface area (Å²) in [5, 5.41) is 0. The highest BCUT2D eigenvalue weighted by Crippen LogP contribution is 2.33. The van der Waals surface area contributed by atoms with E-state index in [1.54, 1.807) is 24.8 Å². The van der Waals surface area contributed by atoms with Crippen LogP contribution in [0.1, 0.15) is 26.7 Å². The Kier molecular flexibility index (Phi) is 4.53. The van der Waals surface area contributed by atoms with Crippen LogP contribution in [0.5, 0.6) is 5.75 Å². The van der Waals surface area contributed by atoms with Gasteiger partial charge in [0.05, 0.1) is 17.7 Å². The summed E-state index contributed by atoms with van der Waals surface area (Å²) in [6, 6.07) is 4.35. The van der Waals surface area contributed by atoms with Gasteiger partial charge in [0.2, 0.25) is 15.9 Å². The summed E-state index contributed by atoms with van der Waals surface area (Å²) in [5.41, 5.74) is 0.506. The number of carbonyl (C=O) groups is 1. The standard InChI is InChI=1S/C14H20N2O4S/c1-10(2)15-21(18,19)11-6-7-13(20-3)12(9-11)16-8-4-5-14(16)17/h6-7,9-10,15H,4-5,8H2,1-3H3. The second-order valence-electron chi connectivity index (χ2n) is 5.26. The largest absolute Gasteiger partial charge is 0.495 e.